The monoisotopic (exact) mass is 267 g/mol. The van der Waals surface area contributed by atoms with E-state index in [4.69, 9.17) is 0 Å². The van der Waals surface area contributed by atoms with Crippen LogP contribution in [-0.2, 0) is 9.59 Å². The smallest absolute Gasteiger partial charge is 0.309 e. The third kappa shape index (κ3) is 4.20. The minimum atomic E-state index is -0.495. The average Bonchev–Trinajstić information content (AvgIpc) is 2.95. The predicted octanol–water partition coefficient (Wildman–Crippen LogP) is 0.690. The maximum absolute atomic E-state index is 11.9. The van der Waals surface area contributed by atoms with Crippen molar-refractivity contribution in [3.05, 3.63) is 0 Å². The van der Waals surface area contributed by atoms with Gasteiger partial charge in [-0.2, -0.15) is 0 Å². The first kappa shape index (κ1) is 14.3. The highest BCUT2D eigenvalue weighted by Gasteiger charge is 2.39. The lowest BCUT2D eigenvalue weighted by atomic mass is 9.79. The van der Waals surface area contributed by atoms with Gasteiger partial charge in [-0.15, -0.1) is 0 Å². The van der Waals surface area contributed by atoms with Crippen molar-refractivity contribution in [2.45, 2.75) is 76.5 Å². The van der Waals surface area contributed by atoms with Crippen LogP contribution in [0, 0.1) is 0 Å². The van der Waals surface area contributed by atoms with Crippen molar-refractivity contribution < 1.29 is 9.59 Å². The van der Waals surface area contributed by atoms with Crippen molar-refractivity contribution in [1.29, 1.82) is 0 Å². The van der Waals surface area contributed by atoms with Gasteiger partial charge in [0, 0.05) is 23.2 Å². The SMILES string of the molecule is CC1(C)CC(NC(=O)C(=O)NC2CC2)CC(C)(C)N1. The normalized spacial score (nSPS) is 25.7. The molecule has 2 amide bonds. The molecule has 1 saturated carbocycles. The van der Waals surface area contributed by atoms with Crippen molar-refractivity contribution in [1.82, 2.24) is 16.0 Å². The molecule has 5 nitrogen and oxygen atoms in total. The average molecular weight is 267 g/mol. The van der Waals surface area contributed by atoms with Crippen LogP contribution in [-0.4, -0.2) is 35.0 Å². The molecule has 0 radical (unpaired) electrons. The third-order valence-corrected chi connectivity index (χ3v) is 3.64. The Bertz CT molecular complexity index is 370. The van der Waals surface area contributed by atoms with E-state index in [1.54, 1.807) is 0 Å². The van der Waals surface area contributed by atoms with Crippen LogP contribution in [0.4, 0.5) is 0 Å². The first-order valence-corrected chi connectivity index (χ1v) is 7.08. The van der Waals surface area contributed by atoms with Gasteiger partial charge in [-0.1, -0.05) is 0 Å². The van der Waals surface area contributed by atoms with Gasteiger partial charge in [-0.05, 0) is 53.4 Å². The fourth-order valence-electron chi connectivity index (χ4n) is 3.15. The van der Waals surface area contributed by atoms with Gasteiger partial charge in [-0.25, -0.2) is 0 Å². The second-order valence-corrected chi connectivity index (χ2v) is 7.22. The Balaban J connectivity index is 1.90. The lowest BCUT2D eigenvalue weighted by Gasteiger charge is -2.46. The Morgan fingerprint density at radius 1 is 0.895 bits per heavy atom. The number of hydrogen-bond donors (Lipinski definition) is 3. The Morgan fingerprint density at radius 3 is 1.74 bits per heavy atom. The summed E-state index contributed by atoms with van der Waals surface area (Å²) in [6.45, 7) is 8.49. The summed E-state index contributed by atoms with van der Waals surface area (Å²) < 4.78 is 0. The number of piperidine rings is 1. The molecule has 5 heteroatoms. The second kappa shape index (κ2) is 4.78. The number of carbonyl (C=O) groups is 2. The predicted molar refractivity (Wildman–Crippen MR) is 73.6 cm³/mol. The van der Waals surface area contributed by atoms with Crippen LogP contribution in [0.1, 0.15) is 53.4 Å². The molecular formula is C14H25N3O2. The molecule has 1 heterocycles. The summed E-state index contributed by atoms with van der Waals surface area (Å²) in [6, 6.07) is 0.267. The maximum Gasteiger partial charge on any atom is 0.309 e. The molecule has 108 valence electrons. The van der Waals surface area contributed by atoms with Gasteiger partial charge in [-0.3, -0.25) is 9.59 Å². The highest BCUT2D eigenvalue weighted by molar-refractivity contribution is 6.35. The van der Waals surface area contributed by atoms with Gasteiger partial charge >= 0.3 is 11.8 Å². The van der Waals surface area contributed by atoms with Crippen molar-refractivity contribution in [2.24, 2.45) is 0 Å². The Kier molecular flexibility index (Phi) is 3.60. The topological polar surface area (TPSA) is 70.2 Å². The lowest BCUT2D eigenvalue weighted by Crippen LogP contribution is -2.62. The van der Waals surface area contributed by atoms with E-state index in [1.807, 2.05) is 0 Å². The summed E-state index contributed by atoms with van der Waals surface area (Å²) in [5, 5.41) is 9.14. The van der Waals surface area contributed by atoms with Crippen LogP contribution in [0.25, 0.3) is 0 Å². The molecule has 0 bridgehead atoms. The molecule has 0 aromatic heterocycles. The zero-order valence-electron chi connectivity index (χ0n) is 12.3. The largest absolute Gasteiger partial charge is 0.345 e. The molecule has 1 saturated heterocycles. The molecule has 3 N–H and O–H groups in total. The molecule has 2 aliphatic rings. The van der Waals surface area contributed by atoms with Crippen LogP contribution in [0.15, 0.2) is 0 Å². The maximum atomic E-state index is 11.9. The summed E-state index contributed by atoms with van der Waals surface area (Å²) in [4.78, 5) is 23.5. The minimum absolute atomic E-state index is 0.0351. The third-order valence-electron chi connectivity index (χ3n) is 3.64. The van der Waals surface area contributed by atoms with Gasteiger partial charge in [0.2, 0.25) is 0 Å². The van der Waals surface area contributed by atoms with E-state index in [0.717, 1.165) is 25.7 Å². The molecule has 0 atom stereocenters. The zero-order valence-corrected chi connectivity index (χ0v) is 12.3. The standard InChI is InChI=1S/C14H25N3O2/c1-13(2)7-10(8-14(3,4)17-13)16-12(19)11(18)15-9-5-6-9/h9-10,17H,5-8H2,1-4H3,(H,15,18)(H,16,19). The van der Waals surface area contributed by atoms with E-state index in [0.29, 0.717) is 0 Å². The van der Waals surface area contributed by atoms with Crippen LogP contribution < -0.4 is 16.0 Å². The van der Waals surface area contributed by atoms with E-state index in [2.05, 4.69) is 43.6 Å². The summed E-state index contributed by atoms with van der Waals surface area (Å²) in [5.74, 6) is -0.984. The first-order valence-electron chi connectivity index (χ1n) is 7.08. The second-order valence-electron chi connectivity index (χ2n) is 7.22. The summed E-state index contributed by atoms with van der Waals surface area (Å²) in [7, 11) is 0. The van der Waals surface area contributed by atoms with E-state index in [9.17, 15) is 9.59 Å². The zero-order chi connectivity index (χ0) is 14.3. The summed E-state index contributed by atoms with van der Waals surface area (Å²) in [6.07, 6.45) is 3.65. The highest BCUT2D eigenvalue weighted by Crippen LogP contribution is 2.28. The molecule has 1 aliphatic carbocycles. The molecular weight excluding hydrogens is 242 g/mol. The van der Waals surface area contributed by atoms with Crippen LogP contribution in [0.2, 0.25) is 0 Å². The van der Waals surface area contributed by atoms with Crippen LogP contribution >= 0.6 is 0 Å². The van der Waals surface area contributed by atoms with Crippen LogP contribution in [0.3, 0.4) is 0 Å². The molecule has 0 spiro atoms. The van der Waals surface area contributed by atoms with Crippen molar-refractivity contribution >= 4 is 11.8 Å². The van der Waals surface area contributed by atoms with E-state index < -0.39 is 11.8 Å². The Morgan fingerprint density at radius 2 is 1.32 bits per heavy atom. The van der Waals surface area contributed by atoms with E-state index >= 15 is 0 Å². The quantitative estimate of drug-likeness (QED) is 0.645. The fraction of sp³-hybridized carbons (Fsp3) is 0.857. The van der Waals surface area contributed by atoms with Gasteiger partial charge in [0.15, 0.2) is 0 Å². The van der Waals surface area contributed by atoms with Crippen molar-refractivity contribution in [2.75, 3.05) is 0 Å². The first-order chi connectivity index (χ1) is 8.67. The molecule has 2 rings (SSSR count). The molecule has 0 aromatic rings. The molecule has 19 heavy (non-hydrogen) atoms. The van der Waals surface area contributed by atoms with Crippen molar-refractivity contribution in [3.63, 3.8) is 0 Å². The number of carbonyl (C=O) groups excluding carboxylic acids is 2. The number of rotatable bonds is 2. The van der Waals surface area contributed by atoms with Gasteiger partial charge in [0.1, 0.15) is 0 Å². The van der Waals surface area contributed by atoms with Gasteiger partial charge in [0.25, 0.3) is 0 Å². The Labute approximate surface area is 114 Å². The molecule has 0 aromatic carbocycles. The van der Waals surface area contributed by atoms with Crippen LogP contribution in [0.5, 0.6) is 0 Å². The summed E-state index contributed by atoms with van der Waals surface area (Å²) >= 11 is 0. The van der Waals surface area contributed by atoms with E-state index in [-0.39, 0.29) is 23.2 Å². The minimum Gasteiger partial charge on any atom is -0.345 e. The highest BCUT2D eigenvalue weighted by atomic mass is 16.2. The van der Waals surface area contributed by atoms with E-state index in [1.165, 1.54) is 0 Å². The fourth-order valence-corrected chi connectivity index (χ4v) is 3.15. The van der Waals surface area contributed by atoms with Crippen molar-refractivity contribution in [3.8, 4) is 0 Å². The Hall–Kier alpha value is -1.10. The number of hydrogen-bond acceptors (Lipinski definition) is 3. The molecule has 0 unspecified atom stereocenters. The summed E-state index contributed by atoms with van der Waals surface area (Å²) in [5.41, 5.74) is -0.0701. The molecule has 2 fully saturated rings. The number of amides is 2. The van der Waals surface area contributed by atoms with Gasteiger partial charge in [0.05, 0.1) is 0 Å². The lowest BCUT2D eigenvalue weighted by molar-refractivity contribution is -0.140. The number of nitrogens with one attached hydrogen (secondary N) is 3. The van der Waals surface area contributed by atoms with Gasteiger partial charge < -0.3 is 16.0 Å². The molecule has 1 aliphatic heterocycles.